The van der Waals surface area contributed by atoms with Crippen molar-refractivity contribution in [3.63, 3.8) is 0 Å². The van der Waals surface area contributed by atoms with Gasteiger partial charge in [0.2, 0.25) is 0 Å². The summed E-state index contributed by atoms with van der Waals surface area (Å²) in [6.45, 7) is 1.85. The number of nitrogens with two attached hydrogens (primary N) is 1. The molecule has 1 aromatic carbocycles. The fourth-order valence-electron chi connectivity index (χ4n) is 1.64. The van der Waals surface area contributed by atoms with Gasteiger partial charge in [0.25, 0.3) is 5.91 Å². The van der Waals surface area contributed by atoms with Crippen molar-refractivity contribution in [2.24, 2.45) is 5.73 Å². The summed E-state index contributed by atoms with van der Waals surface area (Å²) in [5.74, 6) is 0.886. The minimum atomic E-state index is -0.204. The van der Waals surface area contributed by atoms with Gasteiger partial charge in [-0.2, -0.15) is 0 Å². The van der Waals surface area contributed by atoms with Crippen LogP contribution in [0.15, 0.2) is 18.2 Å². The van der Waals surface area contributed by atoms with E-state index in [-0.39, 0.29) is 11.9 Å². The van der Waals surface area contributed by atoms with Gasteiger partial charge in [-0.3, -0.25) is 4.79 Å². The molecule has 0 fully saturated rings. The number of methoxy groups -OCH3 is 2. The number of carbonyl (C=O) groups is 1. The first kappa shape index (κ1) is 15.2. The standard InChI is InChI=1S/C13H18N2O3S/c1-8(6-12(14)19)15-13(16)9-4-5-10(17-2)11(7-9)18-3/h4-5,7-8H,6H2,1-3H3,(H2,14,19)(H,15,16). The van der Waals surface area contributed by atoms with E-state index in [2.05, 4.69) is 5.32 Å². The summed E-state index contributed by atoms with van der Waals surface area (Å²) in [7, 11) is 3.07. The molecule has 0 aliphatic carbocycles. The number of nitrogens with one attached hydrogen (secondary N) is 1. The van der Waals surface area contributed by atoms with Crippen LogP contribution < -0.4 is 20.5 Å². The smallest absolute Gasteiger partial charge is 0.251 e. The van der Waals surface area contributed by atoms with Gasteiger partial charge in [0.05, 0.1) is 19.2 Å². The highest BCUT2D eigenvalue weighted by molar-refractivity contribution is 7.80. The third kappa shape index (κ3) is 4.40. The predicted molar refractivity (Wildman–Crippen MR) is 77.9 cm³/mol. The lowest BCUT2D eigenvalue weighted by Crippen LogP contribution is -2.35. The molecule has 0 saturated carbocycles. The Morgan fingerprint density at radius 3 is 2.53 bits per heavy atom. The lowest BCUT2D eigenvalue weighted by Gasteiger charge is -2.14. The lowest BCUT2D eigenvalue weighted by atomic mass is 10.1. The molecule has 0 aliphatic rings. The quantitative estimate of drug-likeness (QED) is 0.774. The maximum absolute atomic E-state index is 12.0. The van der Waals surface area contributed by atoms with Gasteiger partial charge < -0.3 is 20.5 Å². The summed E-state index contributed by atoms with van der Waals surface area (Å²) in [4.78, 5) is 12.4. The van der Waals surface area contributed by atoms with Gasteiger partial charge in [-0.1, -0.05) is 12.2 Å². The fraction of sp³-hybridized carbons (Fsp3) is 0.385. The molecule has 1 aromatic rings. The number of rotatable bonds is 6. The van der Waals surface area contributed by atoms with Gasteiger partial charge in [-0.05, 0) is 25.1 Å². The van der Waals surface area contributed by atoms with E-state index in [1.54, 1.807) is 25.3 Å². The van der Waals surface area contributed by atoms with E-state index in [0.29, 0.717) is 28.5 Å². The second-order valence-electron chi connectivity index (χ2n) is 4.11. The topological polar surface area (TPSA) is 73.6 Å². The summed E-state index contributed by atoms with van der Waals surface area (Å²) in [6.07, 6.45) is 0.467. The van der Waals surface area contributed by atoms with E-state index in [1.807, 2.05) is 6.92 Å². The zero-order chi connectivity index (χ0) is 14.4. The normalized spacial score (nSPS) is 11.5. The molecular formula is C13H18N2O3S. The number of carbonyl (C=O) groups excluding carboxylic acids is 1. The molecule has 3 N–H and O–H groups in total. The Hall–Kier alpha value is -1.82. The van der Waals surface area contributed by atoms with Gasteiger partial charge in [-0.25, -0.2) is 0 Å². The summed E-state index contributed by atoms with van der Waals surface area (Å²) >= 11 is 4.80. The molecular weight excluding hydrogens is 264 g/mol. The maximum Gasteiger partial charge on any atom is 0.251 e. The van der Waals surface area contributed by atoms with Crippen molar-refractivity contribution < 1.29 is 14.3 Å². The number of hydrogen-bond donors (Lipinski definition) is 2. The summed E-state index contributed by atoms with van der Waals surface area (Å²) < 4.78 is 10.3. The highest BCUT2D eigenvalue weighted by Gasteiger charge is 2.13. The molecule has 6 heteroatoms. The number of benzene rings is 1. The Morgan fingerprint density at radius 1 is 1.37 bits per heavy atom. The minimum Gasteiger partial charge on any atom is -0.493 e. The van der Waals surface area contributed by atoms with Crippen LogP contribution in [0.2, 0.25) is 0 Å². The largest absolute Gasteiger partial charge is 0.493 e. The minimum absolute atomic E-state index is 0.113. The van der Waals surface area contributed by atoms with E-state index in [1.165, 1.54) is 7.11 Å². The third-order valence-corrected chi connectivity index (χ3v) is 2.70. The Morgan fingerprint density at radius 2 is 2.00 bits per heavy atom. The Kier molecular flexibility index (Phi) is 5.57. The van der Waals surface area contributed by atoms with Gasteiger partial charge in [0, 0.05) is 18.0 Å². The average Bonchev–Trinajstić information content (AvgIpc) is 2.36. The first-order valence-electron chi connectivity index (χ1n) is 5.79. The molecule has 104 valence electrons. The van der Waals surface area contributed by atoms with Crippen LogP contribution in [-0.2, 0) is 0 Å². The summed E-state index contributed by atoms with van der Waals surface area (Å²) in [5.41, 5.74) is 5.93. The number of amides is 1. The molecule has 0 saturated heterocycles. The van der Waals surface area contributed by atoms with Crippen LogP contribution in [-0.4, -0.2) is 31.2 Å². The number of hydrogen-bond acceptors (Lipinski definition) is 4. The van der Waals surface area contributed by atoms with E-state index < -0.39 is 0 Å². The molecule has 5 nitrogen and oxygen atoms in total. The molecule has 1 unspecified atom stereocenters. The van der Waals surface area contributed by atoms with Crippen molar-refractivity contribution in [3.05, 3.63) is 23.8 Å². The second-order valence-corrected chi connectivity index (χ2v) is 4.64. The number of ether oxygens (including phenoxy) is 2. The fourth-order valence-corrected chi connectivity index (χ4v) is 1.89. The highest BCUT2D eigenvalue weighted by atomic mass is 32.1. The van der Waals surface area contributed by atoms with Crippen molar-refractivity contribution >= 4 is 23.1 Å². The van der Waals surface area contributed by atoms with Crippen LogP contribution in [0.5, 0.6) is 11.5 Å². The SMILES string of the molecule is COc1ccc(C(=O)NC(C)CC(N)=S)cc1OC. The molecule has 1 rings (SSSR count). The third-order valence-electron chi connectivity index (χ3n) is 2.53. The molecule has 0 spiro atoms. The first-order valence-corrected chi connectivity index (χ1v) is 6.20. The van der Waals surface area contributed by atoms with Gasteiger partial charge in [0.1, 0.15) is 0 Å². The van der Waals surface area contributed by atoms with Crippen LogP contribution in [0.1, 0.15) is 23.7 Å². The maximum atomic E-state index is 12.0. The molecule has 19 heavy (non-hydrogen) atoms. The Balaban J connectivity index is 2.80. The second kappa shape index (κ2) is 6.94. The zero-order valence-corrected chi connectivity index (χ0v) is 12.0. The molecule has 1 amide bonds. The van der Waals surface area contributed by atoms with Crippen LogP contribution in [0, 0.1) is 0 Å². The van der Waals surface area contributed by atoms with E-state index in [9.17, 15) is 4.79 Å². The predicted octanol–water partition coefficient (Wildman–Crippen LogP) is 1.50. The van der Waals surface area contributed by atoms with Crippen LogP contribution in [0.3, 0.4) is 0 Å². The molecule has 0 aliphatic heterocycles. The summed E-state index contributed by atoms with van der Waals surface area (Å²) in [5, 5.41) is 2.81. The summed E-state index contributed by atoms with van der Waals surface area (Å²) in [6, 6.07) is 4.87. The van der Waals surface area contributed by atoms with Crippen molar-refractivity contribution in [1.82, 2.24) is 5.32 Å². The zero-order valence-electron chi connectivity index (χ0n) is 11.2. The average molecular weight is 282 g/mol. The molecule has 0 bridgehead atoms. The Bertz CT molecular complexity index is 477. The molecule has 1 atom stereocenters. The van der Waals surface area contributed by atoms with E-state index in [4.69, 9.17) is 27.4 Å². The van der Waals surface area contributed by atoms with Gasteiger partial charge in [0.15, 0.2) is 11.5 Å². The molecule has 0 aromatic heterocycles. The van der Waals surface area contributed by atoms with Crippen molar-refractivity contribution in [2.75, 3.05) is 14.2 Å². The lowest BCUT2D eigenvalue weighted by molar-refractivity contribution is 0.0941. The van der Waals surface area contributed by atoms with Gasteiger partial charge in [-0.15, -0.1) is 0 Å². The van der Waals surface area contributed by atoms with Crippen LogP contribution >= 0.6 is 12.2 Å². The van der Waals surface area contributed by atoms with E-state index >= 15 is 0 Å². The monoisotopic (exact) mass is 282 g/mol. The van der Waals surface area contributed by atoms with Crippen molar-refractivity contribution in [1.29, 1.82) is 0 Å². The van der Waals surface area contributed by atoms with Crippen LogP contribution in [0.4, 0.5) is 0 Å². The van der Waals surface area contributed by atoms with Crippen molar-refractivity contribution in [3.8, 4) is 11.5 Å². The Labute approximate surface area is 118 Å². The van der Waals surface area contributed by atoms with E-state index in [0.717, 1.165) is 0 Å². The first-order chi connectivity index (χ1) is 8.97. The molecule has 0 heterocycles. The molecule has 0 radical (unpaired) electrons. The van der Waals surface area contributed by atoms with Crippen LogP contribution in [0.25, 0.3) is 0 Å². The highest BCUT2D eigenvalue weighted by Crippen LogP contribution is 2.27. The van der Waals surface area contributed by atoms with Gasteiger partial charge >= 0.3 is 0 Å². The van der Waals surface area contributed by atoms with Crippen molar-refractivity contribution in [2.45, 2.75) is 19.4 Å². The number of thiocarbonyl (C=S) groups is 1.